The number of methoxy groups -OCH3 is 1. The summed E-state index contributed by atoms with van der Waals surface area (Å²) < 4.78 is 11.3. The van der Waals surface area contributed by atoms with Crippen molar-refractivity contribution in [2.75, 3.05) is 13.7 Å². The van der Waals surface area contributed by atoms with Gasteiger partial charge in [-0.2, -0.15) is 0 Å². The first kappa shape index (κ1) is 32.7. The molecule has 2 aromatic carbocycles. The lowest BCUT2D eigenvalue weighted by Crippen LogP contribution is -2.52. The summed E-state index contributed by atoms with van der Waals surface area (Å²) >= 11 is 0. The van der Waals surface area contributed by atoms with E-state index in [0.29, 0.717) is 18.6 Å². The Kier molecular flexibility index (Phi) is 11.5. The van der Waals surface area contributed by atoms with Gasteiger partial charge >= 0.3 is 0 Å². The predicted octanol–water partition coefficient (Wildman–Crippen LogP) is 2.98. The van der Waals surface area contributed by atoms with Crippen LogP contribution in [0.4, 0.5) is 0 Å². The van der Waals surface area contributed by atoms with Crippen LogP contribution in [0.15, 0.2) is 66.7 Å². The van der Waals surface area contributed by atoms with Crippen LogP contribution in [0, 0.1) is 11.8 Å². The second-order valence-corrected chi connectivity index (χ2v) is 11.9. The molecular formula is C34H44N4O6. The van der Waals surface area contributed by atoms with Crippen molar-refractivity contribution in [1.29, 1.82) is 0 Å². The number of carbonyl (C=O) groups excluding carboxylic acids is 4. The van der Waals surface area contributed by atoms with Crippen LogP contribution >= 0.6 is 0 Å². The van der Waals surface area contributed by atoms with Crippen molar-refractivity contribution in [3.63, 3.8) is 0 Å². The Morgan fingerprint density at radius 2 is 1.61 bits per heavy atom. The topological polar surface area (TPSA) is 138 Å². The van der Waals surface area contributed by atoms with Crippen LogP contribution in [-0.2, 0) is 30.3 Å². The molecule has 2 aromatic rings. The van der Waals surface area contributed by atoms with E-state index in [0.717, 1.165) is 11.1 Å². The summed E-state index contributed by atoms with van der Waals surface area (Å²) in [5, 5.41) is 11.6. The van der Waals surface area contributed by atoms with Gasteiger partial charge in [-0.15, -0.1) is 0 Å². The summed E-state index contributed by atoms with van der Waals surface area (Å²) in [6, 6.07) is 15.3. The van der Waals surface area contributed by atoms with E-state index in [-0.39, 0.29) is 61.3 Å². The fourth-order valence-electron chi connectivity index (χ4n) is 5.49. The average molecular weight is 605 g/mol. The summed E-state index contributed by atoms with van der Waals surface area (Å²) in [6.45, 7) is 6.07. The molecule has 2 heterocycles. The number of rotatable bonds is 8. The zero-order valence-electron chi connectivity index (χ0n) is 25.9. The highest BCUT2D eigenvalue weighted by Crippen LogP contribution is 2.44. The molecule has 0 spiro atoms. The van der Waals surface area contributed by atoms with Crippen LogP contribution < -0.4 is 26.0 Å². The zero-order chi connectivity index (χ0) is 31.6. The lowest BCUT2D eigenvalue weighted by atomic mass is 9.91. The number of nitrogens with one attached hydrogen (secondary N) is 4. The maximum absolute atomic E-state index is 13.5. The average Bonchev–Trinajstić information content (AvgIpc) is 3.81. The molecule has 2 aliphatic rings. The Balaban J connectivity index is 1.54. The molecular weight excluding hydrogens is 560 g/mol. The van der Waals surface area contributed by atoms with Crippen LogP contribution in [0.3, 0.4) is 0 Å². The van der Waals surface area contributed by atoms with Crippen LogP contribution in [0.1, 0.15) is 57.3 Å². The first-order chi connectivity index (χ1) is 21.1. The van der Waals surface area contributed by atoms with Crippen molar-refractivity contribution in [3.8, 4) is 5.75 Å². The predicted molar refractivity (Wildman–Crippen MR) is 167 cm³/mol. The third-order valence-corrected chi connectivity index (χ3v) is 8.04. The Morgan fingerprint density at radius 3 is 2.30 bits per heavy atom. The Bertz CT molecular complexity index is 1310. The largest absolute Gasteiger partial charge is 0.497 e. The molecule has 0 saturated carbocycles. The SMILES string of the molecule is COc1ccc(C[C@H]2NC(=O)/C=C/C[C@@H]([C@H](C)[C@H]3O[C@@H]3c3ccccc3)NC(=O)[C@H](CC(C)C)NC(=O)CCNC2=O)cc1. The second kappa shape index (κ2) is 15.5. The number of benzene rings is 2. The molecule has 4 rings (SSSR count). The Hall–Kier alpha value is -4.18. The van der Waals surface area contributed by atoms with Crippen LogP contribution in [-0.4, -0.2) is 61.5 Å². The summed E-state index contributed by atoms with van der Waals surface area (Å²) in [5.41, 5.74) is 1.91. The van der Waals surface area contributed by atoms with E-state index in [1.54, 1.807) is 25.3 Å². The number of ether oxygens (including phenoxy) is 2. The van der Waals surface area contributed by atoms with E-state index in [9.17, 15) is 19.2 Å². The molecule has 0 unspecified atom stereocenters. The molecule has 10 nitrogen and oxygen atoms in total. The summed E-state index contributed by atoms with van der Waals surface area (Å²) in [4.78, 5) is 52.5. The van der Waals surface area contributed by atoms with Gasteiger partial charge in [-0.25, -0.2) is 0 Å². The normalized spacial score (nSPS) is 26.5. The van der Waals surface area contributed by atoms with Crippen molar-refractivity contribution in [2.24, 2.45) is 11.8 Å². The summed E-state index contributed by atoms with van der Waals surface area (Å²) in [6.07, 6.45) is 4.01. The number of hydrogen-bond acceptors (Lipinski definition) is 6. The molecule has 0 bridgehead atoms. The first-order valence-corrected chi connectivity index (χ1v) is 15.3. The molecule has 0 aliphatic carbocycles. The van der Waals surface area contributed by atoms with Crippen molar-refractivity contribution < 1.29 is 28.7 Å². The van der Waals surface area contributed by atoms with E-state index in [1.807, 2.05) is 63.2 Å². The highest BCUT2D eigenvalue weighted by molar-refractivity contribution is 5.93. The summed E-state index contributed by atoms with van der Waals surface area (Å²) in [7, 11) is 1.58. The molecule has 0 radical (unpaired) electrons. The smallest absolute Gasteiger partial charge is 0.244 e. The molecule has 0 aromatic heterocycles. The molecule has 2 aliphatic heterocycles. The van der Waals surface area contributed by atoms with Gasteiger partial charge in [0.1, 0.15) is 23.9 Å². The number of hydrogen-bond donors (Lipinski definition) is 4. The van der Waals surface area contributed by atoms with Gasteiger partial charge in [0, 0.05) is 31.3 Å². The quantitative estimate of drug-likeness (QED) is 0.342. The van der Waals surface area contributed by atoms with E-state index < -0.39 is 23.9 Å². The van der Waals surface area contributed by atoms with Crippen LogP contribution in [0.25, 0.3) is 0 Å². The van der Waals surface area contributed by atoms with E-state index in [4.69, 9.17) is 9.47 Å². The minimum Gasteiger partial charge on any atom is -0.497 e. The molecule has 6 atom stereocenters. The molecule has 4 amide bonds. The monoisotopic (exact) mass is 604 g/mol. The second-order valence-electron chi connectivity index (χ2n) is 11.9. The molecule has 1 fully saturated rings. The standard InChI is InChI=1S/C34H44N4O6/c1-21(2)19-27-34(42)38-26(22(3)31-32(44-31)24-9-6-5-7-10-24)11-8-12-29(39)37-28(33(41)35-18-17-30(40)36-27)20-23-13-15-25(43-4)16-14-23/h5-10,12-16,21-22,26-28,31-32H,11,17-20H2,1-4H3,(H,35,41)(H,36,40)(H,37,39)(H,38,42)/b12-8+/t22-,26-,27-,28+,31+,32+/m0/s1. The van der Waals surface area contributed by atoms with E-state index in [2.05, 4.69) is 21.3 Å². The highest BCUT2D eigenvalue weighted by atomic mass is 16.6. The third kappa shape index (κ3) is 9.41. The van der Waals surface area contributed by atoms with Crippen molar-refractivity contribution in [1.82, 2.24) is 21.3 Å². The van der Waals surface area contributed by atoms with Crippen molar-refractivity contribution in [3.05, 3.63) is 77.9 Å². The molecule has 44 heavy (non-hydrogen) atoms. The minimum absolute atomic E-state index is 0.00871. The number of amides is 4. The lowest BCUT2D eigenvalue weighted by Gasteiger charge is -2.27. The van der Waals surface area contributed by atoms with Gasteiger partial charge < -0.3 is 30.7 Å². The fraction of sp³-hybridized carbons (Fsp3) is 0.471. The maximum Gasteiger partial charge on any atom is 0.244 e. The van der Waals surface area contributed by atoms with Gasteiger partial charge in [-0.05, 0) is 48.1 Å². The van der Waals surface area contributed by atoms with Gasteiger partial charge in [0.25, 0.3) is 0 Å². The first-order valence-electron chi connectivity index (χ1n) is 15.3. The minimum atomic E-state index is -0.855. The van der Waals surface area contributed by atoms with Gasteiger partial charge in [-0.3, -0.25) is 19.2 Å². The van der Waals surface area contributed by atoms with E-state index in [1.165, 1.54) is 6.08 Å². The molecule has 10 heteroatoms. The Morgan fingerprint density at radius 1 is 0.886 bits per heavy atom. The molecule has 4 N–H and O–H groups in total. The van der Waals surface area contributed by atoms with Gasteiger partial charge in [0.15, 0.2) is 0 Å². The van der Waals surface area contributed by atoms with Gasteiger partial charge in [0.2, 0.25) is 23.6 Å². The molecule has 236 valence electrons. The van der Waals surface area contributed by atoms with Crippen LogP contribution in [0.5, 0.6) is 5.75 Å². The maximum atomic E-state index is 13.5. The highest BCUT2D eigenvalue weighted by Gasteiger charge is 2.46. The zero-order valence-corrected chi connectivity index (χ0v) is 25.9. The number of carbonyl (C=O) groups is 4. The van der Waals surface area contributed by atoms with E-state index >= 15 is 0 Å². The Labute approximate surface area is 259 Å². The molecule has 1 saturated heterocycles. The lowest BCUT2D eigenvalue weighted by molar-refractivity contribution is -0.130. The summed E-state index contributed by atoms with van der Waals surface area (Å²) in [5.74, 6) is -0.689. The fourth-order valence-corrected chi connectivity index (χ4v) is 5.49. The van der Waals surface area contributed by atoms with Crippen molar-refractivity contribution >= 4 is 23.6 Å². The van der Waals surface area contributed by atoms with Crippen molar-refractivity contribution in [2.45, 2.75) is 76.8 Å². The number of epoxide rings is 1. The van der Waals surface area contributed by atoms with Gasteiger partial charge in [-0.1, -0.05) is 69.3 Å². The third-order valence-electron chi connectivity index (χ3n) is 8.04. The van der Waals surface area contributed by atoms with Gasteiger partial charge in [0.05, 0.1) is 13.2 Å². The van der Waals surface area contributed by atoms with Crippen LogP contribution in [0.2, 0.25) is 0 Å².